The van der Waals surface area contributed by atoms with Gasteiger partial charge in [0.25, 0.3) is 5.91 Å². The maximum absolute atomic E-state index is 12.5. The van der Waals surface area contributed by atoms with Gasteiger partial charge in [0.15, 0.2) is 11.2 Å². The Hall–Kier alpha value is -2.67. The van der Waals surface area contributed by atoms with Gasteiger partial charge in [0.1, 0.15) is 6.54 Å². The van der Waals surface area contributed by atoms with Crippen molar-refractivity contribution in [3.05, 3.63) is 0 Å². The normalized spacial score (nSPS) is 11.7. The van der Waals surface area contributed by atoms with Gasteiger partial charge < -0.3 is 30.5 Å². The van der Waals surface area contributed by atoms with Crippen molar-refractivity contribution in [1.82, 2.24) is 16.0 Å². The summed E-state index contributed by atoms with van der Waals surface area (Å²) in [6.45, 7) is 3.59. The molecule has 13 heteroatoms. The van der Waals surface area contributed by atoms with Crippen LogP contribution >= 0.6 is 11.8 Å². The Balaban J connectivity index is 4.36. The van der Waals surface area contributed by atoms with Crippen LogP contribution in [0.3, 0.4) is 0 Å². The van der Waals surface area contributed by atoms with Gasteiger partial charge in [-0.3, -0.25) is 28.8 Å². The van der Waals surface area contributed by atoms with Crippen LogP contribution in [0.1, 0.15) is 40.0 Å². The van der Waals surface area contributed by atoms with Crippen LogP contribution in [0, 0.1) is 5.41 Å². The number of methoxy groups -OCH3 is 1. The first-order valence-electron chi connectivity index (χ1n) is 10.2. The predicted octanol–water partition coefficient (Wildman–Crippen LogP) is -1.11. The lowest BCUT2D eigenvalue weighted by Gasteiger charge is -2.31. The van der Waals surface area contributed by atoms with Gasteiger partial charge in [-0.1, -0.05) is 25.6 Å². The van der Waals surface area contributed by atoms with Crippen LogP contribution in [0.25, 0.3) is 0 Å². The molecule has 0 rings (SSSR count). The van der Waals surface area contributed by atoms with Crippen molar-refractivity contribution in [2.75, 3.05) is 39.1 Å². The summed E-state index contributed by atoms with van der Waals surface area (Å²) >= 11 is 0.991. The summed E-state index contributed by atoms with van der Waals surface area (Å²) < 4.78 is 9.58. The molecule has 0 aromatic rings. The van der Waals surface area contributed by atoms with Crippen LogP contribution in [-0.4, -0.2) is 85.1 Å². The van der Waals surface area contributed by atoms with E-state index < -0.39 is 48.4 Å². The minimum absolute atomic E-state index is 0.00498. The van der Waals surface area contributed by atoms with Crippen LogP contribution in [-0.2, 0) is 38.2 Å². The van der Waals surface area contributed by atoms with E-state index in [4.69, 9.17) is 4.74 Å². The first-order chi connectivity index (χ1) is 15.4. The summed E-state index contributed by atoms with van der Waals surface area (Å²) in [5.41, 5.74) is -1.10. The van der Waals surface area contributed by atoms with E-state index >= 15 is 0 Å². The maximum Gasteiger partial charge on any atom is 0.326 e. The van der Waals surface area contributed by atoms with Crippen LogP contribution in [0.15, 0.2) is 0 Å². The predicted molar refractivity (Wildman–Crippen MR) is 119 cm³/mol. The highest BCUT2D eigenvalue weighted by molar-refractivity contribution is 8.13. The topological polar surface area (TPSA) is 177 Å². The molecule has 0 aliphatic carbocycles. The number of hydrogen-bond donors (Lipinski definition) is 4. The van der Waals surface area contributed by atoms with E-state index in [2.05, 4.69) is 20.7 Å². The molecule has 188 valence electrons. The molecule has 4 N–H and O–H groups in total. The second-order valence-electron chi connectivity index (χ2n) is 7.61. The molecule has 0 heterocycles. The summed E-state index contributed by atoms with van der Waals surface area (Å²) in [6.07, 6.45) is -1.33. The van der Waals surface area contributed by atoms with E-state index in [1.807, 2.05) is 0 Å². The second-order valence-corrected chi connectivity index (χ2v) is 8.77. The minimum atomic E-state index is -1.33. The van der Waals surface area contributed by atoms with E-state index in [1.54, 1.807) is 0 Å². The second kappa shape index (κ2) is 16.0. The molecule has 0 saturated carbocycles. The van der Waals surface area contributed by atoms with Crippen molar-refractivity contribution in [3.63, 3.8) is 0 Å². The van der Waals surface area contributed by atoms with Gasteiger partial charge in [-0.15, -0.1) is 0 Å². The molecule has 3 amide bonds. The standard InChI is InChI=1S/C20H33N3O9S/c1-13(25)23-11-16(28)32-18(20(2,3)12-24)19(30)22-8-7-14(26)21-9-10-33-17(29)6-5-15(27)31-4/h18,24H,5-12H2,1-4H3,(H,21,26)(H,22,30)(H,23,25)/t18-/m0/s1. The summed E-state index contributed by atoms with van der Waals surface area (Å²) in [4.78, 5) is 69.7. The van der Waals surface area contributed by atoms with Crippen molar-refractivity contribution >= 4 is 46.5 Å². The van der Waals surface area contributed by atoms with E-state index in [0.717, 1.165) is 11.8 Å². The molecule has 0 aliphatic heterocycles. The van der Waals surface area contributed by atoms with E-state index in [9.17, 15) is 33.9 Å². The number of hydrogen-bond acceptors (Lipinski definition) is 10. The molecule has 33 heavy (non-hydrogen) atoms. The van der Waals surface area contributed by atoms with Crippen LogP contribution < -0.4 is 16.0 Å². The summed E-state index contributed by atoms with van der Waals surface area (Å²) in [6, 6.07) is 0. The summed E-state index contributed by atoms with van der Waals surface area (Å²) in [5, 5.41) is 16.7. The molecule has 0 fully saturated rings. The Kier molecular flexibility index (Phi) is 14.7. The minimum Gasteiger partial charge on any atom is -0.469 e. The van der Waals surface area contributed by atoms with E-state index in [-0.39, 0.29) is 43.4 Å². The molecule has 0 saturated heterocycles. The van der Waals surface area contributed by atoms with E-state index in [1.165, 1.54) is 27.9 Å². The molecule has 0 aromatic carbocycles. The van der Waals surface area contributed by atoms with Crippen LogP contribution in [0.4, 0.5) is 0 Å². The van der Waals surface area contributed by atoms with Gasteiger partial charge in [-0.25, -0.2) is 0 Å². The van der Waals surface area contributed by atoms with Crippen molar-refractivity contribution in [2.45, 2.75) is 46.1 Å². The van der Waals surface area contributed by atoms with Crippen molar-refractivity contribution < 1.29 is 43.3 Å². The zero-order valence-electron chi connectivity index (χ0n) is 19.4. The highest BCUT2D eigenvalue weighted by Crippen LogP contribution is 2.23. The monoisotopic (exact) mass is 491 g/mol. The highest BCUT2D eigenvalue weighted by Gasteiger charge is 2.38. The third-order valence-electron chi connectivity index (χ3n) is 4.19. The average Bonchev–Trinajstić information content (AvgIpc) is 2.76. The molecule has 0 unspecified atom stereocenters. The van der Waals surface area contributed by atoms with Crippen LogP contribution in [0.5, 0.6) is 0 Å². The Morgan fingerprint density at radius 3 is 2.18 bits per heavy atom. The fourth-order valence-electron chi connectivity index (χ4n) is 2.23. The molecule has 0 aromatic heterocycles. The van der Waals surface area contributed by atoms with Crippen LogP contribution in [0.2, 0.25) is 0 Å². The quantitative estimate of drug-likeness (QED) is 0.162. The summed E-state index contributed by atoms with van der Waals surface area (Å²) in [7, 11) is 1.24. The zero-order chi connectivity index (χ0) is 25.4. The summed E-state index contributed by atoms with van der Waals surface area (Å²) in [5.74, 6) is -2.47. The molecular formula is C20H33N3O9S. The number of carbonyl (C=O) groups is 6. The Morgan fingerprint density at radius 2 is 1.61 bits per heavy atom. The Bertz CT molecular complexity index is 713. The van der Waals surface area contributed by atoms with Crippen molar-refractivity contribution in [2.24, 2.45) is 5.41 Å². The Morgan fingerprint density at radius 1 is 0.939 bits per heavy atom. The Labute approximate surface area is 196 Å². The number of aliphatic hydroxyl groups is 1. The first kappa shape index (κ1) is 30.3. The van der Waals surface area contributed by atoms with Crippen molar-refractivity contribution in [1.29, 1.82) is 0 Å². The van der Waals surface area contributed by atoms with Gasteiger partial charge in [0.05, 0.1) is 20.1 Å². The third-order valence-corrected chi connectivity index (χ3v) is 5.12. The molecule has 0 spiro atoms. The van der Waals surface area contributed by atoms with Gasteiger partial charge in [0, 0.05) is 44.0 Å². The van der Waals surface area contributed by atoms with Gasteiger partial charge >= 0.3 is 11.9 Å². The number of nitrogens with one attached hydrogen (secondary N) is 3. The van der Waals surface area contributed by atoms with Gasteiger partial charge in [0.2, 0.25) is 11.8 Å². The number of esters is 2. The molecule has 12 nitrogen and oxygen atoms in total. The van der Waals surface area contributed by atoms with E-state index in [0.29, 0.717) is 5.75 Å². The zero-order valence-corrected chi connectivity index (χ0v) is 20.2. The average molecular weight is 492 g/mol. The lowest BCUT2D eigenvalue weighted by Crippen LogP contribution is -2.49. The largest absolute Gasteiger partial charge is 0.469 e. The SMILES string of the molecule is COC(=O)CCC(=O)SCCNC(=O)CCNC(=O)[C@H](OC(=O)CNC(C)=O)C(C)(C)CO. The van der Waals surface area contributed by atoms with Crippen molar-refractivity contribution in [3.8, 4) is 0 Å². The van der Waals surface area contributed by atoms with Gasteiger partial charge in [-0.2, -0.15) is 0 Å². The number of ether oxygens (including phenoxy) is 2. The third kappa shape index (κ3) is 14.2. The lowest BCUT2D eigenvalue weighted by molar-refractivity contribution is -0.164. The number of thioether (sulfide) groups is 1. The molecule has 0 bridgehead atoms. The number of amides is 3. The fraction of sp³-hybridized carbons (Fsp3) is 0.700. The highest BCUT2D eigenvalue weighted by atomic mass is 32.2. The fourth-order valence-corrected chi connectivity index (χ4v) is 2.91. The van der Waals surface area contributed by atoms with Gasteiger partial charge in [-0.05, 0) is 0 Å². The first-order valence-corrected chi connectivity index (χ1v) is 11.2. The molecule has 1 atom stereocenters. The number of aliphatic hydroxyl groups excluding tert-OH is 1. The molecular weight excluding hydrogens is 458 g/mol. The smallest absolute Gasteiger partial charge is 0.326 e. The lowest BCUT2D eigenvalue weighted by atomic mass is 9.86. The number of rotatable bonds is 15. The maximum atomic E-state index is 12.5. The molecule has 0 radical (unpaired) electrons. The number of carbonyl (C=O) groups excluding carboxylic acids is 6. The molecule has 0 aliphatic rings.